The zero-order valence-corrected chi connectivity index (χ0v) is 16.6. The molecule has 0 aromatic heterocycles. The van der Waals surface area contributed by atoms with Gasteiger partial charge in [-0.05, 0) is 30.4 Å². The van der Waals surface area contributed by atoms with Crippen LogP contribution in [0.15, 0.2) is 48.5 Å². The summed E-state index contributed by atoms with van der Waals surface area (Å²) >= 11 is 0. The molecule has 7 nitrogen and oxygen atoms in total. The van der Waals surface area contributed by atoms with Crippen molar-refractivity contribution in [2.75, 3.05) is 18.4 Å². The van der Waals surface area contributed by atoms with E-state index in [0.717, 1.165) is 6.42 Å². The maximum absolute atomic E-state index is 13.1. The van der Waals surface area contributed by atoms with Gasteiger partial charge in [-0.15, -0.1) is 0 Å². The van der Waals surface area contributed by atoms with E-state index in [1.165, 1.54) is 6.07 Å². The number of nitro benzene ring substituents is 1. The Morgan fingerprint density at radius 2 is 1.69 bits per heavy atom. The molecule has 0 bridgehead atoms. The second-order valence-electron chi connectivity index (χ2n) is 7.81. The van der Waals surface area contributed by atoms with Gasteiger partial charge >= 0.3 is 0 Å². The Bertz CT molecular complexity index is 918. The van der Waals surface area contributed by atoms with Gasteiger partial charge in [-0.25, -0.2) is 0 Å². The highest BCUT2D eigenvalue weighted by Crippen LogP contribution is 2.25. The highest BCUT2D eigenvalue weighted by Gasteiger charge is 2.27. The largest absolute Gasteiger partial charge is 0.338 e. The van der Waals surface area contributed by atoms with Crippen molar-refractivity contribution in [3.63, 3.8) is 0 Å². The third-order valence-corrected chi connectivity index (χ3v) is 5.13. The van der Waals surface area contributed by atoms with Gasteiger partial charge in [0.1, 0.15) is 0 Å². The number of para-hydroxylation sites is 2. The zero-order valence-electron chi connectivity index (χ0n) is 16.6. The Labute approximate surface area is 169 Å². The van der Waals surface area contributed by atoms with E-state index in [1.807, 2.05) is 4.90 Å². The Hall–Kier alpha value is -3.22. The molecule has 2 atom stereocenters. The maximum atomic E-state index is 13.1. The van der Waals surface area contributed by atoms with E-state index in [4.69, 9.17) is 0 Å². The maximum Gasteiger partial charge on any atom is 0.273 e. The minimum Gasteiger partial charge on any atom is -0.338 e. The molecule has 1 fully saturated rings. The van der Waals surface area contributed by atoms with E-state index in [1.54, 1.807) is 42.5 Å². The second kappa shape index (κ2) is 8.86. The van der Waals surface area contributed by atoms with Crippen molar-refractivity contribution in [1.29, 1.82) is 0 Å². The number of nitrogens with one attached hydrogen (secondary N) is 1. The molecule has 7 heteroatoms. The summed E-state index contributed by atoms with van der Waals surface area (Å²) in [6.07, 6.45) is 0.954. The van der Waals surface area contributed by atoms with Gasteiger partial charge in [0.2, 0.25) is 5.91 Å². The number of benzene rings is 2. The van der Waals surface area contributed by atoms with Crippen LogP contribution in [0.5, 0.6) is 0 Å². The van der Waals surface area contributed by atoms with Crippen LogP contribution in [0.4, 0.5) is 11.4 Å². The number of piperidine rings is 1. The Kier molecular flexibility index (Phi) is 6.26. The van der Waals surface area contributed by atoms with Crippen molar-refractivity contribution in [2.45, 2.75) is 26.7 Å². The number of hydrogen-bond acceptors (Lipinski definition) is 4. The van der Waals surface area contributed by atoms with Gasteiger partial charge in [0.15, 0.2) is 0 Å². The summed E-state index contributed by atoms with van der Waals surface area (Å²) < 4.78 is 0. The van der Waals surface area contributed by atoms with E-state index < -0.39 is 10.8 Å². The summed E-state index contributed by atoms with van der Waals surface area (Å²) in [6.45, 7) is 5.66. The first kappa shape index (κ1) is 20.5. The van der Waals surface area contributed by atoms with Gasteiger partial charge in [-0.3, -0.25) is 19.7 Å². The Morgan fingerprint density at radius 3 is 2.38 bits per heavy atom. The zero-order chi connectivity index (χ0) is 21.0. The molecule has 1 heterocycles. The normalized spacial score (nSPS) is 18.9. The van der Waals surface area contributed by atoms with Crippen molar-refractivity contribution in [2.24, 2.45) is 11.8 Å². The molecule has 152 valence electrons. The Balaban J connectivity index is 1.76. The van der Waals surface area contributed by atoms with E-state index >= 15 is 0 Å². The SMILES string of the molecule is CC1CC(C)CN(C(=O)c2ccccc2NC(=O)Cc2ccccc2[N+](=O)[O-])C1. The topological polar surface area (TPSA) is 92.6 Å². The van der Waals surface area contributed by atoms with Gasteiger partial charge in [0, 0.05) is 24.7 Å². The lowest BCUT2D eigenvalue weighted by Crippen LogP contribution is -2.42. The molecule has 3 rings (SSSR count). The first-order valence-electron chi connectivity index (χ1n) is 9.75. The number of nitrogens with zero attached hydrogens (tertiary/aromatic N) is 2. The number of nitro groups is 1. The number of rotatable bonds is 5. The number of hydrogen-bond donors (Lipinski definition) is 1. The number of anilines is 1. The predicted octanol–water partition coefficient (Wildman–Crippen LogP) is 3.89. The van der Waals surface area contributed by atoms with E-state index in [-0.39, 0.29) is 18.0 Å². The van der Waals surface area contributed by atoms with Crippen LogP contribution < -0.4 is 5.32 Å². The van der Waals surface area contributed by atoms with Crippen LogP contribution >= 0.6 is 0 Å². The van der Waals surface area contributed by atoms with Crippen molar-refractivity contribution < 1.29 is 14.5 Å². The Morgan fingerprint density at radius 1 is 1.07 bits per heavy atom. The van der Waals surface area contributed by atoms with Crippen LogP contribution in [-0.2, 0) is 11.2 Å². The van der Waals surface area contributed by atoms with Gasteiger partial charge < -0.3 is 10.2 Å². The molecule has 0 saturated carbocycles. The summed E-state index contributed by atoms with van der Waals surface area (Å²) in [6, 6.07) is 13.1. The van der Waals surface area contributed by atoms with Crippen LogP contribution in [-0.4, -0.2) is 34.7 Å². The van der Waals surface area contributed by atoms with Crippen LogP contribution in [0.1, 0.15) is 36.2 Å². The third-order valence-electron chi connectivity index (χ3n) is 5.13. The molecule has 2 aromatic rings. The molecule has 2 aromatic carbocycles. The summed E-state index contributed by atoms with van der Waals surface area (Å²) in [4.78, 5) is 38.1. The van der Waals surface area contributed by atoms with Crippen molar-refractivity contribution in [3.05, 3.63) is 69.8 Å². The average Bonchev–Trinajstić information content (AvgIpc) is 2.67. The summed E-state index contributed by atoms with van der Waals surface area (Å²) in [7, 11) is 0. The molecule has 29 heavy (non-hydrogen) atoms. The molecule has 1 aliphatic rings. The lowest BCUT2D eigenvalue weighted by Gasteiger charge is -2.35. The first-order valence-corrected chi connectivity index (χ1v) is 9.75. The number of carbonyl (C=O) groups is 2. The van der Waals surface area contributed by atoms with E-state index in [2.05, 4.69) is 19.2 Å². The molecular weight excluding hydrogens is 370 g/mol. The van der Waals surface area contributed by atoms with Gasteiger partial charge in [0.05, 0.1) is 22.6 Å². The fraction of sp³-hybridized carbons (Fsp3) is 0.364. The number of carbonyl (C=O) groups excluding carboxylic acids is 2. The fourth-order valence-electron chi connectivity index (χ4n) is 3.98. The number of likely N-dealkylation sites (tertiary alicyclic amines) is 1. The van der Waals surface area contributed by atoms with Gasteiger partial charge in [0.25, 0.3) is 11.6 Å². The average molecular weight is 395 g/mol. The molecule has 1 aliphatic heterocycles. The van der Waals surface area contributed by atoms with Crippen LogP contribution in [0, 0.1) is 22.0 Å². The summed E-state index contributed by atoms with van der Waals surface area (Å²) in [5.41, 5.74) is 1.09. The van der Waals surface area contributed by atoms with Crippen molar-refractivity contribution in [1.82, 2.24) is 4.90 Å². The molecule has 2 unspecified atom stereocenters. The molecule has 1 saturated heterocycles. The van der Waals surface area contributed by atoms with Crippen molar-refractivity contribution in [3.8, 4) is 0 Å². The third kappa shape index (κ3) is 4.99. The molecule has 2 amide bonds. The summed E-state index contributed by atoms with van der Waals surface area (Å²) in [5, 5.41) is 13.9. The molecule has 0 aliphatic carbocycles. The minimum absolute atomic E-state index is 0.0942. The van der Waals surface area contributed by atoms with E-state index in [9.17, 15) is 19.7 Å². The lowest BCUT2D eigenvalue weighted by atomic mass is 9.91. The van der Waals surface area contributed by atoms with E-state index in [0.29, 0.717) is 41.7 Å². The lowest BCUT2D eigenvalue weighted by molar-refractivity contribution is -0.385. The molecule has 0 radical (unpaired) electrons. The highest BCUT2D eigenvalue weighted by molar-refractivity contribution is 6.04. The first-order chi connectivity index (χ1) is 13.8. The van der Waals surface area contributed by atoms with Crippen LogP contribution in [0.25, 0.3) is 0 Å². The van der Waals surface area contributed by atoms with Crippen LogP contribution in [0.3, 0.4) is 0 Å². The van der Waals surface area contributed by atoms with Crippen LogP contribution in [0.2, 0.25) is 0 Å². The fourth-order valence-corrected chi connectivity index (χ4v) is 3.98. The van der Waals surface area contributed by atoms with Crippen molar-refractivity contribution >= 4 is 23.2 Å². The van der Waals surface area contributed by atoms with Gasteiger partial charge in [-0.1, -0.05) is 44.2 Å². The molecular formula is C22H25N3O4. The smallest absolute Gasteiger partial charge is 0.273 e. The predicted molar refractivity (Wildman–Crippen MR) is 111 cm³/mol. The number of amides is 2. The van der Waals surface area contributed by atoms with Gasteiger partial charge in [-0.2, -0.15) is 0 Å². The highest BCUT2D eigenvalue weighted by atomic mass is 16.6. The quantitative estimate of drug-likeness (QED) is 0.614. The summed E-state index contributed by atoms with van der Waals surface area (Å²) in [5.74, 6) is 0.357. The second-order valence-corrected chi connectivity index (χ2v) is 7.81. The minimum atomic E-state index is -0.501. The molecule has 0 spiro atoms. The molecule has 1 N–H and O–H groups in total. The standard InChI is InChI=1S/C22H25N3O4/c1-15-11-16(2)14-24(13-15)22(27)18-8-4-5-9-19(18)23-21(26)12-17-7-3-6-10-20(17)25(28)29/h3-10,15-16H,11-14H2,1-2H3,(H,23,26). The monoisotopic (exact) mass is 395 g/mol.